The lowest BCUT2D eigenvalue weighted by Crippen LogP contribution is -2.14. The summed E-state index contributed by atoms with van der Waals surface area (Å²) in [7, 11) is 0. The minimum atomic E-state index is 0.129. The Morgan fingerprint density at radius 3 is 2.71 bits per heavy atom. The van der Waals surface area contributed by atoms with Gasteiger partial charge in [0.25, 0.3) is 0 Å². The van der Waals surface area contributed by atoms with Gasteiger partial charge in [0.05, 0.1) is 11.5 Å². The van der Waals surface area contributed by atoms with Crippen LogP contribution in [0.2, 0.25) is 0 Å². The summed E-state index contributed by atoms with van der Waals surface area (Å²) in [5.41, 5.74) is 12.8. The molecule has 0 radical (unpaired) electrons. The fourth-order valence-corrected chi connectivity index (χ4v) is 2.00. The Kier molecular flexibility index (Phi) is 5.08. The molecule has 0 spiro atoms. The van der Waals surface area contributed by atoms with Gasteiger partial charge in [0.15, 0.2) is 0 Å². The number of nitrogens with one attached hydrogen (secondary N) is 1. The molecule has 1 aliphatic carbocycles. The van der Waals surface area contributed by atoms with Gasteiger partial charge in [-0.25, -0.2) is 0 Å². The maximum atomic E-state index is 8.10. The van der Waals surface area contributed by atoms with E-state index in [4.69, 9.17) is 16.9 Å². The Bertz CT molecular complexity index is 443. The molecule has 1 unspecified atom stereocenters. The van der Waals surface area contributed by atoms with E-state index in [-0.39, 0.29) is 11.1 Å². The number of nitrogens with two attached hydrogens (primary N) is 2. The van der Waals surface area contributed by atoms with Crippen molar-refractivity contribution >= 4 is 34.3 Å². The van der Waals surface area contributed by atoms with Crippen LogP contribution in [-0.4, -0.2) is 11.0 Å². The van der Waals surface area contributed by atoms with Gasteiger partial charge >= 0.3 is 0 Å². The molecule has 0 aromatic rings. The summed E-state index contributed by atoms with van der Waals surface area (Å²) in [6, 6.07) is 0. The second-order valence-corrected chi connectivity index (χ2v) is 5.23. The van der Waals surface area contributed by atoms with Crippen molar-refractivity contribution in [2.24, 2.45) is 11.5 Å². The van der Waals surface area contributed by atoms with E-state index in [1.165, 1.54) is 0 Å². The molecule has 0 heterocycles. The van der Waals surface area contributed by atoms with Crippen LogP contribution >= 0.6 is 28.6 Å². The number of allylic oxidation sites excluding steroid dienone is 6. The van der Waals surface area contributed by atoms with E-state index in [9.17, 15) is 0 Å². The summed E-state index contributed by atoms with van der Waals surface area (Å²) in [5.74, 6) is 0.199. The van der Waals surface area contributed by atoms with Gasteiger partial charge in [-0.3, -0.25) is 5.41 Å². The third-order valence-electron chi connectivity index (χ3n) is 2.32. The Labute approximate surface area is 115 Å². The minimum Gasteiger partial charge on any atom is -0.386 e. The molecule has 0 aliphatic heterocycles. The highest BCUT2D eigenvalue weighted by molar-refractivity contribution is 9.12. The molecule has 0 bridgehead atoms. The smallest absolute Gasteiger partial charge is 0.0940 e. The zero-order chi connectivity index (χ0) is 13.0. The van der Waals surface area contributed by atoms with E-state index >= 15 is 0 Å². The molecule has 0 aromatic heterocycles. The third kappa shape index (κ3) is 3.78. The molecular weight excluding hydrogens is 298 g/mol. The van der Waals surface area contributed by atoms with Crippen molar-refractivity contribution in [1.82, 2.24) is 0 Å². The van der Waals surface area contributed by atoms with E-state index in [1.807, 2.05) is 25.2 Å². The van der Waals surface area contributed by atoms with Crippen LogP contribution in [0.5, 0.6) is 0 Å². The van der Waals surface area contributed by atoms with Crippen LogP contribution in [0.1, 0.15) is 13.3 Å². The number of hydrogen-bond acceptors (Lipinski definition) is 4. The van der Waals surface area contributed by atoms with Crippen molar-refractivity contribution in [2.45, 2.75) is 18.6 Å². The van der Waals surface area contributed by atoms with E-state index < -0.39 is 0 Å². The van der Waals surface area contributed by atoms with Gasteiger partial charge in [-0.1, -0.05) is 35.0 Å². The Morgan fingerprint density at radius 2 is 2.18 bits per heavy atom. The summed E-state index contributed by atoms with van der Waals surface area (Å²) >= 11 is 7.85. The van der Waals surface area contributed by atoms with Crippen LogP contribution in [0.15, 0.2) is 45.8 Å². The minimum absolute atomic E-state index is 0.129. The lowest BCUT2D eigenvalue weighted by molar-refractivity contribution is 0.980. The number of thiol groups is 1. The van der Waals surface area contributed by atoms with Crippen LogP contribution in [-0.2, 0) is 0 Å². The van der Waals surface area contributed by atoms with Gasteiger partial charge in [-0.15, -0.1) is 0 Å². The number of rotatable bonds is 3. The fourth-order valence-electron chi connectivity index (χ4n) is 1.38. The van der Waals surface area contributed by atoms with Crippen LogP contribution in [0.4, 0.5) is 0 Å². The largest absolute Gasteiger partial charge is 0.386 e. The molecule has 0 saturated carbocycles. The molecule has 3 nitrogen and oxygen atoms in total. The first kappa shape index (κ1) is 14.1. The standard InChI is InChI=1S/C12H16BrN3S/c1-2-8(17)6-9-10(13)4-3-7(12(9)16)5-11(14)15/h3-6,8,16-17H,2,14-15H2,1H3/b9-6-,16-12?. The first-order valence-corrected chi connectivity index (χ1v) is 6.56. The molecule has 5 heteroatoms. The molecule has 0 aromatic carbocycles. The summed E-state index contributed by atoms with van der Waals surface area (Å²) < 4.78 is 0.878. The summed E-state index contributed by atoms with van der Waals surface area (Å²) in [5, 5.41) is 8.23. The second kappa shape index (κ2) is 6.12. The average Bonchev–Trinajstić information content (AvgIpc) is 2.27. The normalized spacial score (nSPS) is 19.7. The molecule has 1 aliphatic rings. The SMILES string of the molecule is CCC(S)/C=C1\C(=N)C(C=C(N)N)=CC=C1Br. The Balaban J connectivity index is 3.10. The van der Waals surface area contributed by atoms with Crippen LogP contribution < -0.4 is 11.5 Å². The number of halogens is 1. The first-order valence-electron chi connectivity index (χ1n) is 5.25. The highest BCUT2D eigenvalue weighted by atomic mass is 79.9. The highest BCUT2D eigenvalue weighted by Crippen LogP contribution is 2.28. The van der Waals surface area contributed by atoms with E-state index in [0.29, 0.717) is 11.3 Å². The molecule has 5 N–H and O–H groups in total. The Hall–Kier alpha value is -0.940. The average molecular weight is 314 g/mol. The fraction of sp³-hybridized carbons (Fsp3) is 0.250. The van der Waals surface area contributed by atoms with Crippen LogP contribution in [0, 0.1) is 5.41 Å². The first-order chi connectivity index (χ1) is 7.95. The van der Waals surface area contributed by atoms with Crippen LogP contribution in [0.3, 0.4) is 0 Å². The van der Waals surface area contributed by atoms with Crippen molar-refractivity contribution in [1.29, 1.82) is 5.41 Å². The van der Waals surface area contributed by atoms with Crippen molar-refractivity contribution in [3.8, 4) is 0 Å². The van der Waals surface area contributed by atoms with E-state index in [0.717, 1.165) is 16.5 Å². The summed E-state index contributed by atoms with van der Waals surface area (Å²) in [6.07, 6.45) is 8.15. The molecule has 92 valence electrons. The predicted molar refractivity (Wildman–Crippen MR) is 80.4 cm³/mol. The van der Waals surface area contributed by atoms with E-state index in [1.54, 1.807) is 6.08 Å². The number of hydrogen-bond donors (Lipinski definition) is 4. The van der Waals surface area contributed by atoms with Crippen molar-refractivity contribution < 1.29 is 0 Å². The quantitative estimate of drug-likeness (QED) is 0.605. The van der Waals surface area contributed by atoms with Gasteiger partial charge < -0.3 is 11.5 Å². The molecule has 17 heavy (non-hydrogen) atoms. The topological polar surface area (TPSA) is 75.9 Å². The monoisotopic (exact) mass is 313 g/mol. The maximum absolute atomic E-state index is 8.10. The zero-order valence-corrected chi connectivity index (χ0v) is 12.1. The van der Waals surface area contributed by atoms with Crippen molar-refractivity contribution in [3.63, 3.8) is 0 Å². The zero-order valence-electron chi connectivity index (χ0n) is 9.57. The lowest BCUT2D eigenvalue weighted by Gasteiger charge is -2.16. The predicted octanol–water partition coefficient (Wildman–Crippen LogP) is 2.62. The molecule has 0 saturated heterocycles. The molecule has 1 atom stereocenters. The van der Waals surface area contributed by atoms with Gasteiger partial charge in [0.2, 0.25) is 0 Å². The molecule has 1 rings (SSSR count). The van der Waals surface area contributed by atoms with Crippen LogP contribution in [0.25, 0.3) is 0 Å². The maximum Gasteiger partial charge on any atom is 0.0940 e. The Morgan fingerprint density at radius 1 is 1.53 bits per heavy atom. The van der Waals surface area contributed by atoms with Crippen molar-refractivity contribution in [3.05, 3.63) is 45.8 Å². The lowest BCUT2D eigenvalue weighted by atomic mass is 9.96. The van der Waals surface area contributed by atoms with Gasteiger partial charge in [-0.2, -0.15) is 12.6 Å². The summed E-state index contributed by atoms with van der Waals surface area (Å²) in [4.78, 5) is 0. The van der Waals surface area contributed by atoms with Gasteiger partial charge in [-0.05, 0) is 18.6 Å². The van der Waals surface area contributed by atoms with Crippen molar-refractivity contribution in [2.75, 3.05) is 0 Å². The molecular formula is C12H16BrN3S. The third-order valence-corrected chi connectivity index (χ3v) is 3.53. The van der Waals surface area contributed by atoms with E-state index in [2.05, 4.69) is 28.6 Å². The van der Waals surface area contributed by atoms with Gasteiger partial charge in [0.1, 0.15) is 0 Å². The highest BCUT2D eigenvalue weighted by Gasteiger charge is 2.16. The molecule has 0 fully saturated rings. The second-order valence-electron chi connectivity index (χ2n) is 3.71. The van der Waals surface area contributed by atoms with Gasteiger partial charge in [0, 0.05) is 20.9 Å². The summed E-state index contributed by atoms with van der Waals surface area (Å²) in [6.45, 7) is 2.05. The molecule has 0 amide bonds.